The molecule has 5 heteroatoms. The average molecular weight is 299 g/mol. The minimum Gasteiger partial charge on any atom is -0.383 e. The second-order valence-electron chi connectivity index (χ2n) is 4.96. The van der Waals surface area contributed by atoms with Gasteiger partial charge in [-0.05, 0) is 30.2 Å². The van der Waals surface area contributed by atoms with E-state index < -0.39 is 0 Å². The van der Waals surface area contributed by atoms with Gasteiger partial charge in [0.1, 0.15) is 5.82 Å². The molecule has 0 bridgehead atoms. The molecule has 1 aromatic heterocycles. The van der Waals surface area contributed by atoms with Crippen molar-refractivity contribution in [3.05, 3.63) is 59.3 Å². The molecule has 0 saturated carbocycles. The first-order valence-corrected chi connectivity index (χ1v) is 7.22. The van der Waals surface area contributed by atoms with Gasteiger partial charge in [0.2, 0.25) is 0 Å². The Morgan fingerprint density at radius 2 is 2.05 bits per heavy atom. The van der Waals surface area contributed by atoms with Crippen LogP contribution in [0, 0.1) is 6.92 Å². The Bertz CT molecular complexity index is 612. The van der Waals surface area contributed by atoms with Crippen LogP contribution in [-0.4, -0.2) is 31.2 Å². The quantitative estimate of drug-likeness (QED) is 0.771. The molecule has 0 fully saturated rings. The first-order valence-electron chi connectivity index (χ1n) is 7.22. The van der Waals surface area contributed by atoms with E-state index in [0.29, 0.717) is 25.3 Å². The van der Waals surface area contributed by atoms with E-state index in [2.05, 4.69) is 15.6 Å². The van der Waals surface area contributed by atoms with Gasteiger partial charge < -0.3 is 15.4 Å². The van der Waals surface area contributed by atoms with Crippen LogP contribution in [-0.2, 0) is 11.3 Å². The Balaban J connectivity index is 1.88. The summed E-state index contributed by atoms with van der Waals surface area (Å²) < 4.78 is 4.95. The number of methoxy groups -OCH3 is 1. The highest BCUT2D eigenvalue weighted by Crippen LogP contribution is 2.08. The third-order valence-electron chi connectivity index (χ3n) is 3.34. The lowest BCUT2D eigenvalue weighted by Gasteiger charge is -2.08. The van der Waals surface area contributed by atoms with Crippen molar-refractivity contribution in [3.8, 4) is 0 Å². The first kappa shape index (κ1) is 16.0. The third kappa shape index (κ3) is 4.56. The van der Waals surface area contributed by atoms with Gasteiger partial charge in [0.15, 0.2) is 0 Å². The number of amides is 1. The van der Waals surface area contributed by atoms with Crippen LogP contribution in [0.15, 0.2) is 42.6 Å². The zero-order valence-electron chi connectivity index (χ0n) is 12.9. The fourth-order valence-corrected chi connectivity index (χ4v) is 2.00. The molecule has 1 amide bonds. The van der Waals surface area contributed by atoms with Crippen LogP contribution in [0.3, 0.4) is 0 Å². The number of ether oxygens (including phenoxy) is 1. The molecule has 0 aliphatic carbocycles. The molecule has 2 N–H and O–H groups in total. The van der Waals surface area contributed by atoms with Crippen LogP contribution < -0.4 is 10.6 Å². The molecular formula is C17H21N3O2. The first-order chi connectivity index (χ1) is 10.7. The highest BCUT2D eigenvalue weighted by molar-refractivity contribution is 5.94. The fraction of sp³-hybridized carbons (Fsp3) is 0.294. The number of nitrogens with one attached hydrogen (secondary N) is 2. The summed E-state index contributed by atoms with van der Waals surface area (Å²) in [6.45, 7) is 3.84. The number of nitrogens with zero attached hydrogens (tertiary/aromatic N) is 1. The van der Waals surface area contributed by atoms with E-state index in [9.17, 15) is 4.79 Å². The summed E-state index contributed by atoms with van der Waals surface area (Å²) in [5.41, 5.74) is 2.83. The zero-order chi connectivity index (χ0) is 15.8. The Morgan fingerprint density at radius 1 is 1.23 bits per heavy atom. The number of hydrogen-bond acceptors (Lipinski definition) is 4. The molecule has 2 rings (SSSR count). The molecule has 22 heavy (non-hydrogen) atoms. The molecule has 0 unspecified atom stereocenters. The molecule has 0 atom stereocenters. The van der Waals surface area contributed by atoms with Crippen LogP contribution in [0.2, 0.25) is 0 Å². The number of hydrogen-bond donors (Lipinski definition) is 2. The van der Waals surface area contributed by atoms with E-state index in [1.54, 1.807) is 25.4 Å². The zero-order valence-corrected chi connectivity index (χ0v) is 12.9. The molecule has 0 radical (unpaired) electrons. The van der Waals surface area contributed by atoms with Crippen molar-refractivity contribution in [1.82, 2.24) is 10.3 Å². The van der Waals surface area contributed by atoms with Gasteiger partial charge in [-0.3, -0.25) is 4.79 Å². The van der Waals surface area contributed by atoms with Crippen molar-refractivity contribution in [2.75, 3.05) is 25.6 Å². The minimum atomic E-state index is -0.126. The van der Waals surface area contributed by atoms with Crippen LogP contribution in [0.5, 0.6) is 0 Å². The largest absolute Gasteiger partial charge is 0.383 e. The Kier molecular flexibility index (Phi) is 5.91. The standard InChI is InChI=1S/C17H21N3O2/c1-13-5-3-4-6-14(13)11-20-17(21)15-7-8-16(19-12-15)18-9-10-22-2/h3-8,12H,9-11H2,1-2H3,(H,18,19)(H,20,21). The predicted molar refractivity (Wildman–Crippen MR) is 87.0 cm³/mol. The monoisotopic (exact) mass is 299 g/mol. The third-order valence-corrected chi connectivity index (χ3v) is 3.34. The summed E-state index contributed by atoms with van der Waals surface area (Å²) >= 11 is 0. The lowest BCUT2D eigenvalue weighted by Crippen LogP contribution is -2.23. The van der Waals surface area contributed by atoms with E-state index >= 15 is 0 Å². The number of aromatic nitrogens is 1. The van der Waals surface area contributed by atoms with E-state index in [1.165, 1.54) is 5.56 Å². The average Bonchev–Trinajstić information content (AvgIpc) is 2.55. The molecule has 2 aromatic rings. The van der Waals surface area contributed by atoms with E-state index in [0.717, 1.165) is 11.4 Å². The molecular weight excluding hydrogens is 278 g/mol. The highest BCUT2D eigenvalue weighted by Gasteiger charge is 2.06. The lowest BCUT2D eigenvalue weighted by molar-refractivity contribution is 0.0950. The molecule has 1 heterocycles. The predicted octanol–water partition coefficient (Wildman–Crippen LogP) is 2.38. The molecule has 0 aliphatic heterocycles. The van der Waals surface area contributed by atoms with Crippen molar-refractivity contribution in [3.63, 3.8) is 0 Å². The number of carbonyl (C=O) groups is 1. The normalized spacial score (nSPS) is 10.3. The fourth-order valence-electron chi connectivity index (χ4n) is 2.00. The number of benzene rings is 1. The summed E-state index contributed by atoms with van der Waals surface area (Å²) in [6.07, 6.45) is 1.57. The van der Waals surface area contributed by atoms with Gasteiger partial charge >= 0.3 is 0 Å². The van der Waals surface area contributed by atoms with Crippen molar-refractivity contribution in [2.24, 2.45) is 0 Å². The highest BCUT2D eigenvalue weighted by atomic mass is 16.5. The molecule has 0 saturated heterocycles. The summed E-state index contributed by atoms with van der Waals surface area (Å²) in [7, 11) is 1.65. The topological polar surface area (TPSA) is 63.2 Å². The number of anilines is 1. The van der Waals surface area contributed by atoms with Gasteiger partial charge in [0.05, 0.1) is 12.2 Å². The maximum Gasteiger partial charge on any atom is 0.253 e. The Hall–Kier alpha value is -2.40. The van der Waals surface area contributed by atoms with Gasteiger partial charge in [-0.25, -0.2) is 4.98 Å². The smallest absolute Gasteiger partial charge is 0.253 e. The summed E-state index contributed by atoms with van der Waals surface area (Å²) in [4.78, 5) is 16.3. The van der Waals surface area contributed by atoms with Gasteiger partial charge in [-0.15, -0.1) is 0 Å². The Labute approximate surface area is 130 Å². The van der Waals surface area contributed by atoms with Gasteiger partial charge in [0, 0.05) is 26.4 Å². The van der Waals surface area contributed by atoms with E-state index in [1.807, 2.05) is 31.2 Å². The maximum atomic E-state index is 12.1. The number of aryl methyl sites for hydroxylation is 1. The van der Waals surface area contributed by atoms with Crippen LogP contribution in [0.25, 0.3) is 0 Å². The number of carbonyl (C=O) groups excluding carboxylic acids is 1. The summed E-state index contributed by atoms with van der Waals surface area (Å²) in [5.74, 6) is 0.603. The second kappa shape index (κ2) is 8.14. The molecule has 0 aliphatic rings. The van der Waals surface area contributed by atoms with Gasteiger partial charge in [-0.2, -0.15) is 0 Å². The minimum absolute atomic E-state index is 0.126. The molecule has 0 spiro atoms. The Morgan fingerprint density at radius 3 is 2.73 bits per heavy atom. The molecule has 116 valence electrons. The van der Waals surface area contributed by atoms with Crippen molar-refractivity contribution >= 4 is 11.7 Å². The van der Waals surface area contributed by atoms with Gasteiger partial charge in [0.25, 0.3) is 5.91 Å². The lowest BCUT2D eigenvalue weighted by atomic mass is 10.1. The van der Waals surface area contributed by atoms with E-state index in [-0.39, 0.29) is 5.91 Å². The summed E-state index contributed by atoms with van der Waals surface area (Å²) in [5, 5.41) is 6.02. The van der Waals surface area contributed by atoms with Gasteiger partial charge in [-0.1, -0.05) is 24.3 Å². The summed E-state index contributed by atoms with van der Waals surface area (Å²) in [6, 6.07) is 11.5. The van der Waals surface area contributed by atoms with Crippen LogP contribution in [0.1, 0.15) is 21.5 Å². The molecule has 5 nitrogen and oxygen atoms in total. The van der Waals surface area contributed by atoms with Crippen molar-refractivity contribution < 1.29 is 9.53 Å². The van der Waals surface area contributed by atoms with Crippen LogP contribution >= 0.6 is 0 Å². The van der Waals surface area contributed by atoms with Crippen LogP contribution in [0.4, 0.5) is 5.82 Å². The maximum absolute atomic E-state index is 12.1. The van der Waals surface area contributed by atoms with Crippen molar-refractivity contribution in [1.29, 1.82) is 0 Å². The second-order valence-corrected chi connectivity index (χ2v) is 4.96. The number of pyridine rings is 1. The number of rotatable bonds is 7. The van der Waals surface area contributed by atoms with E-state index in [4.69, 9.17) is 4.74 Å². The van der Waals surface area contributed by atoms with Crippen molar-refractivity contribution in [2.45, 2.75) is 13.5 Å². The molecule has 1 aromatic carbocycles. The SMILES string of the molecule is COCCNc1ccc(C(=O)NCc2ccccc2C)cn1.